The molecule has 0 saturated carbocycles. The highest BCUT2D eigenvalue weighted by molar-refractivity contribution is 7.99. The molecular weight excluding hydrogens is 298 g/mol. The van der Waals surface area contributed by atoms with E-state index >= 15 is 0 Å². The van der Waals surface area contributed by atoms with Crippen molar-refractivity contribution in [2.75, 3.05) is 0 Å². The summed E-state index contributed by atoms with van der Waals surface area (Å²) in [5, 5.41) is 0.776. The van der Waals surface area contributed by atoms with E-state index in [0.717, 1.165) is 17.9 Å². The number of rotatable bonds is 5. The molecule has 21 heavy (non-hydrogen) atoms. The van der Waals surface area contributed by atoms with Gasteiger partial charge in [0.25, 0.3) is 0 Å². The number of hydrogen-bond acceptors (Lipinski definition) is 2. The largest absolute Gasteiger partial charge is 0.327 e. The zero-order valence-corrected chi connectivity index (χ0v) is 14.4. The van der Waals surface area contributed by atoms with E-state index in [4.69, 9.17) is 17.3 Å². The summed E-state index contributed by atoms with van der Waals surface area (Å²) < 4.78 is 0. The highest BCUT2D eigenvalue weighted by Gasteiger charge is 2.10. The summed E-state index contributed by atoms with van der Waals surface area (Å²) in [4.78, 5) is 2.54. The maximum Gasteiger partial charge on any atom is 0.0409 e. The molecule has 0 heterocycles. The van der Waals surface area contributed by atoms with Gasteiger partial charge in [-0.1, -0.05) is 42.4 Å². The maximum absolute atomic E-state index is 6.15. The zero-order valence-electron chi connectivity index (χ0n) is 12.8. The molecule has 0 fully saturated rings. The fraction of sp³-hybridized carbons (Fsp3) is 0.333. The molecule has 0 aliphatic carbocycles. The second-order valence-corrected chi connectivity index (χ2v) is 7.02. The number of halogens is 1. The molecule has 3 heteroatoms. The van der Waals surface area contributed by atoms with Gasteiger partial charge in [0.2, 0.25) is 0 Å². The predicted octanol–water partition coefficient (Wildman–Crippen LogP) is 5.39. The monoisotopic (exact) mass is 319 g/mol. The van der Waals surface area contributed by atoms with Crippen LogP contribution in [-0.4, -0.2) is 6.04 Å². The molecule has 0 aliphatic rings. The van der Waals surface area contributed by atoms with Crippen molar-refractivity contribution in [1.29, 1.82) is 0 Å². The van der Waals surface area contributed by atoms with Crippen molar-refractivity contribution in [3.8, 4) is 0 Å². The minimum Gasteiger partial charge on any atom is -0.327 e. The molecule has 0 bridgehead atoms. The Morgan fingerprint density at radius 2 is 1.86 bits per heavy atom. The van der Waals surface area contributed by atoms with Gasteiger partial charge in [-0.2, -0.15) is 0 Å². The van der Waals surface area contributed by atoms with Crippen LogP contribution in [0.3, 0.4) is 0 Å². The molecular formula is C18H22ClNS. The molecule has 0 saturated heterocycles. The normalized spacial score (nSPS) is 12.4. The minimum absolute atomic E-state index is 0.182. The van der Waals surface area contributed by atoms with Crippen molar-refractivity contribution >= 4 is 23.4 Å². The number of hydrogen-bond donors (Lipinski definition) is 1. The summed E-state index contributed by atoms with van der Waals surface area (Å²) in [6.07, 6.45) is 1.84. The third-order valence-corrected chi connectivity index (χ3v) is 5.11. The van der Waals surface area contributed by atoms with Crippen LogP contribution < -0.4 is 5.73 Å². The molecule has 0 aromatic heterocycles. The molecule has 0 aliphatic heterocycles. The first-order valence-corrected chi connectivity index (χ1v) is 8.48. The van der Waals surface area contributed by atoms with Crippen molar-refractivity contribution in [2.45, 2.75) is 49.4 Å². The first-order chi connectivity index (χ1) is 9.99. The molecule has 2 aromatic carbocycles. The lowest BCUT2D eigenvalue weighted by atomic mass is 10.0. The Morgan fingerprint density at radius 1 is 1.10 bits per heavy atom. The molecule has 0 radical (unpaired) electrons. The summed E-state index contributed by atoms with van der Waals surface area (Å²) in [5.41, 5.74) is 9.94. The average Bonchev–Trinajstić information content (AvgIpc) is 2.45. The molecule has 1 nitrogen and oxygen atoms in total. The second kappa shape index (κ2) is 7.35. The summed E-state index contributed by atoms with van der Waals surface area (Å²) in [7, 11) is 0. The van der Waals surface area contributed by atoms with E-state index in [-0.39, 0.29) is 6.04 Å². The first-order valence-electron chi connectivity index (χ1n) is 7.28. The van der Waals surface area contributed by atoms with Gasteiger partial charge in [0, 0.05) is 20.9 Å². The van der Waals surface area contributed by atoms with Crippen LogP contribution in [-0.2, 0) is 6.42 Å². The van der Waals surface area contributed by atoms with Gasteiger partial charge in [0.15, 0.2) is 0 Å². The van der Waals surface area contributed by atoms with Crippen molar-refractivity contribution in [1.82, 2.24) is 0 Å². The topological polar surface area (TPSA) is 26.0 Å². The maximum atomic E-state index is 6.15. The van der Waals surface area contributed by atoms with Crippen LogP contribution in [0.2, 0.25) is 5.02 Å². The molecule has 2 aromatic rings. The van der Waals surface area contributed by atoms with Crippen LogP contribution in [0, 0.1) is 13.8 Å². The van der Waals surface area contributed by atoms with E-state index in [1.54, 1.807) is 11.8 Å². The van der Waals surface area contributed by atoms with E-state index in [1.807, 2.05) is 12.1 Å². The standard InChI is InChI=1S/C18H22ClNS/c1-4-16(20)11-14-10-15(19)7-8-17(14)21-18-9-12(2)5-6-13(18)3/h5-10,16H,4,11,20H2,1-3H3. The average molecular weight is 320 g/mol. The van der Waals surface area contributed by atoms with Gasteiger partial charge in [-0.05, 0) is 67.6 Å². The first kappa shape index (κ1) is 16.4. The molecule has 0 amide bonds. The van der Waals surface area contributed by atoms with Crippen LogP contribution in [0.15, 0.2) is 46.2 Å². The Balaban J connectivity index is 2.32. The lowest BCUT2D eigenvalue weighted by Gasteiger charge is -2.15. The van der Waals surface area contributed by atoms with Gasteiger partial charge in [-0.3, -0.25) is 0 Å². The Morgan fingerprint density at radius 3 is 2.57 bits per heavy atom. The predicted molar refractivity (Wildman–Crippen MR) is 93.5 cm³/mol. The summed E-state index contributed by atoms with van der Waals surface area (Å²) in [6, 6.07) is 12.8. The van der Waals surface area contributed by atoms with Crippen LogP contribution in [0.4, 0.5) is 0 Å². The highest BCUT2D eigenvalue weighted by atomic mass is 35.5. The van der Waals surface area contributed by atoms with Gasteiger partial charge < -0.3 is 5.73 Å². The van der Waals surface area contributed by atoms with E-state index < -0.39 is 0 Å². The summed E-state index contributed by atoms with van der Waals surface area (Å²) in [6.45, 7) is 6.39. The van der Waals surface area contributed by atoms with E-state index in [1.165, 1.54) is 26.5 Å². The molecule has 1 atom stereocenters. The number of aryl methyl sites for hydroxylation is 2. The van der Waals surface area contributed by atoms with Gasteiger partial charge >= 0.3 is 0 Å². The summed E-state index contributed by atoms with van der Waals surface area (Å²) in [5.74, 6) is 0. The minimum atomic E-state index is 0.182. The Bertz CT molecular complexity index is 625. The number of benzene rings is 2. The quantitative estimate of drug-likeness (QED) is 0.799. The third-order valence-electron chi connectivity index (χ3n) is 3.59. The van der Waals surface area contributed by atoms with E-state index in [9.17, 15) is 0 Å². The third kappa shape index (κ3) is 4.50. The molecule has 112 valence electrons. The van der Waals surface area contributed by atoms with Crippen LogP contribution >= 0.6 is 23.4 Å². The lowest BCUT2D eigenvalue weighted by Crippen LogP contribution is -2.21. The van der Waals surface area contributed by atoms with Crippen molar-refractivity contribution in [2.24, 2.45) is 5.73 Å². The molecule has 2 N–H and O–H groups in total. The van der Waals surface area contributed by atoms with Crippen LogP contribution in [0.5, 0.6) is 0 Å². The van der Waals surface area contributed by atoms with Crippen molar-refractivity contribution in [3.63, 3.8) is 0 Å². The second-order valence-electron chi connectivity index (χ2n) is 5.50. The molecule has 0 spiro atoms. The van der Waals surface area contributed by atoms with Gasteiger partial charge in [0.05, 0.1) is 0 Å². The van der Waals surface area contributed by atoms with Crippen molar-refractivity contribution < 1.29 is 0 Å². The fourth-order valence-electron chi connectivity index (χ4n) is 2.17. The van der Waals surface area contributed by atoms with Gasteiger partial charge in [0.1, 0.15) is 0 Å². The highest BCUT2D eigenvalue weighted by Crippen LogP contribution is 2.35. The Kier molecular flexibility index (Phi) is 5.74. The smallest absolute Gasteiger partial charge is 0.0409 e. The van der Waals surface area contributed by atoms with Gasteiger partial charge in [-0.15, -0.1) is 0 Å². The Labute approximate surface area is 136 Å². The summed E-state index contributed by atoms with van der Waals surface area (Å²) >= 11 is 7.95. The van der Waals surface area contributed by atoms with Crippen LogP contribution in [0.25, 0.3) is 0 Å². The molecule has 1 unspecified atom stereocenters. The Hall–Kier alpha value is -0.960. The van der Waals surface area contributed by atoms with Crippen molar-refractivity contribution in [3.05, 3.63) is 58.1 Å². The zero-order chi connectivity index (χ0) is 15.4. The lowest BCUT2D eigenvalue weighted by molar-refractivity contribution is 0.641. The van der Waals surface area contributed by atoms with E-state index in [0.29, 0.717) is 0 Å². The molecule has 2 rings (SSSR count). The van der Waals surface area contributed by atoms with E-state index in [2.05, 4.69) is 45.0 Å². The fourth-order valence-corrected chi connectivity index (χ4v) is 3.48. The SMILES string of the molecule is CCC(N)Cc1cc(Cl)ccc1Sc1cc(C)ccc1C. The van der Waals surface area contributed by atoms with Crippen LogP contribution in [0.1, 0.15) is 30.0 Å². The number of nitrogens with two attached hydrogens (primary N) is 1. The van der Waals surface area contributed by atoms with Gasteiger partial charge in [-0.25, -0.2) is 0 Å².